The van der Waals surface area contributed by atoms with Crippen LogP contribution in [0.5, 0.6) is 0 Å². The molecule has 1 heterocycles. The number of hydrogen-bond acceptors (Lipinski definition) is 4. The fourth-order valence-corrected chi connectivity index (χ4v) is 3.67. The Bertz CT molecular complexity index is 892. The van der Waals surface area contributed by atoms with E-state index in [0.717, 1.165) is 29.3 Å². The number of aromatic nitrogens is 1. The molecular formula is C23H27FN4. The number of rotatable bonds is 7. The van der Waals surface area contributed by atoms with Gasteiger partial charge < -0.3 is 10.6 Å². The lowest BCUT2D eigenvalue weighted by Gasteiger charge is -2.19. The lowest BCUT2D eigenvalue weighted by Crippen LogP contribution is -2.20. The first-order chi connectivity index (χ1) is 13.5. The summed E-state index contributed by atoms with van der Waals surface area (Å²) in [5.41, 5.74) is 3.58. The second-order valence-corrected chi connectivity index (χ2v) is 7.75. The third kappa shape index (κ3) is 4.69. The summed E-state index contributed by atoms with van der Waals surface area (Å²) in [6, 6.07) is 8.23. The van der Waals surface area contributed by atoms with Crippen molar-refractivity contribution in [2.45, 2.75) is 45.4 Å². The van der Waals surface area contributed by atoms with Crippen molar-refractivity contribution in [1.29, 1.82) is 5.26 Å². The summed E-state index contributed by atoms with van der Waals surface area (Å²) in [7, 11) is 0. The fourth-order valence-electron chi connectivity index (χ4n) is 3.67. The molecule has 4 nitrogen and oxygen atoms in total. The minimum atomic E-state index is -0.473. The molecule has 0 atom stereocenters. The molecule has 0 unspecified atom stereocenters. The average Bonchev–Trinajstić information content (AvgIpc) is 3.21. The normalized spacial score (nSPS) is 14.1. The van der Waals surface area contributed by atoms with Gasteiger partial charge in [-0.3, -0.25) is 0 Å². The average molecular weight is 378 g/mol. The Balaban J connectivity index is 1.77. The third-order valence-corrected chi connectivity index (χ3v) is 5.32. The molecule has 0 amide bonds. The molecule has 0 bridgehead atoms. The second-order valence-electron chi connectivity index (χ2n) is 7.75. The number of hydrogen-bond donors (Lipinski definition) is 2. The number of nitriles is 1. The molecule has 5 heteroatoms. The van der Waals surface area contributed by atoms with Gasteiger partial charge in [0.25, 0.3) is 0 Å². The Labute approximate surface area is 166 Å². The summed E-state index contributed by atoms with van der Waals surface area (Å²) in [4.78, 5) is 4.46. The van der Waals surface area contributed by atoms with Crippen molar-refractivity contribution in [2.24, 2.45) is 5.92 Å². The predicted molar refractivity (Wildman–Crippen MR) is 112 cm³/mol. The Morgan fingerprint density at radius 1 is 1.32 bits per heavy atom. The highest BCUT2D eigenvalue weighted by Gasteiger charge is 2.17. The monoisotopic (exact) mass is 378 g/mol. The molecule has 2 aromatic rings. The van der Waals surface area contributed by atoms with Crippen LogP contribution in [-0.2, 0) is 0 Å². The van der Waals surface area contributed by atoms with Crippen LogP contribution in [0.25, 0.3) is 5.70 Å². The zero-order valence-electron chi connectivity index (χ0n) is 16.6. The highest BCUT2D eigenvalue weighted by Crippen LogP contribution is 2.29. The molecule has 3 rings (SSSR count). The summed E-state index contributed by atoms with van der Waals surface area (Å²) < 4.78 is 14.2. The number of anilines is 2. The number of nitrogens with zero attached hydrogens (tertiary/aromatic N) is 2. The first-order valence-electron chi connectivity index (χ1n) is 9.87. The topological polar surface area (TPSA) is 60.7 Å². The lowest BCUT2D eigenvalue weighted by atomic mass is 9.97. The molecule has 0 spiro atoms. The molecule has 0 saturated heterocycles. The SMILES string of the molecule is C=C(NCC1CCCC1)c1cnc(Nc2ccc(C#N)cc2F)cc1C(C)C. The van der Waals surface area contributed by atoms with Crippen LogP contribution in [0.4, 0.5) is 15.9 Å². The quantitative estimate of drug-likeness (QED) is 0.648. The van der Waals surface area contributed by atoms with Crippen molar-refractivity contribution >= 4 is 17.2 Å². The summed E-state index contributed by atoms with van der Waals surface area (Å²) in [6.07, 6.45) is 7.01. The number of pyridine rings is 1. The molecule has 0 aliphatic heterocycles. The van der Waals surface area contributed by atoms with Crippen molar-refractivity contribution in [3.63, 3.8) is 0 Å². The van der Waals surface area contributed by atoms with E-state index in [4.69, 9.17) is 5.26 Å². The molecular weight excluding hydrogens is 351 g/mol. The van der Waals surface area contributed by atoms with Crippen LogP contribution >= 0.6 is 0 Å². The largest absolute Gasteiger partial charge is 0.385 e. The van der Waals surface area contributed by atoms with E-state index in [-0.39, 0.29) is 5.92 Å². The maximum Gasteiger partial charge on any atom is 0.147 e. The smallest absolute Gasteiger partial charge is 0.147 e. The first kappa shape index (κ1) is 19.9. The van der Waals surface area contributed by atoms with Gasteiger partial charge in [-0.15, -0.1) is 0 Å². The summed E-state index contributed by atoms with van der Waals surface area (Å²) in [5, 5.41) is 15.4. The van der Waals surface area contributed by atoms with Gasteiger partial charge in [0.15, 0.2) is 0 Å². The van der Waals surface area contributed by atoms with E-state index in [1.54, 1.807) is 18.3 Å². The van der Waals surface area contributed by atoms with Crippen LogP contribution in [0.1, 0.15) is 62.1 Å². The Morgan fingerprint density at radius 2 is 2.07 bits per heavy atom. The predicted octanol–water partition coefficient (Wildman–Crippen LogP) is 5.71. The molecule has 1 aliphatic rings. The van der Waals surface area contributed by atoms with E-state index in [1.165, 1.54) is 31.7 Å². The molecule has 2 N–H and O–H groups in total. The van der Waals surface area contributed by atoms with Gasteiger partial charge in [0.1, 0.15) is 11.6 Å². The van der Waals surface area contributed by atoms with Gasteiger partial charge >= 0.3 is 0 Å². The van der Waals surface area contributed by atoms with Gasteiger partial charge in [0.2, 0.25) is 0 Å². The van der Waals surface area contributed by atoms with E-state index in [9.17, 15) is 4.39 Å². The van der Waals surface area contributed by atoms with E-state index < -0.39 is 5.82 Å². The van der Waals surface area contributed by atoms with Gasteiger partial charge in [-0.05, 0) is 54.5 Å². The maximum absolute atomic E-state index is 14.2. The highest BCUT2D eigenvalue weighted by atomic mass is 19.1. The number of halogens is 1. The summed E-state index contributed by atoms with van der Waals surface area (Å²) >= 11 is 0. The van der Waals surface area contributed by atoms with Gasteiger partial charge in [0, 0.05) is 24.0 Å². The van der Waals surface area contributed by atoms with Crippen LogP contribution in [0, 0.1) is 23.1 Å². The van der Waals surface area contributed by atoms with Crippen molar-refractivity contribution in [3.8, 4) is 6.07 Å². The lowest BCUT2D eigenvalue weighted by molar-refractivity contribution is 0.531. The van der Waals surface area contributed by atoms with Gasteiger partial charge in [-0.2, -0.15) is 5.26 Å². The van der Waals surface area contributed by atoms with Crippen molar-refractivity contribution in [1.82, 2.24) is 10.3 Å². The van der Waals surface area contributed by atoms with Gasteiger partial charge in [-0.25, -0.2) is 9.37 Å². The second kappa shape index (κ2) is 8.88. The minimum Gasteiger partial charge on any atom is -0.385 e. The van der Waals surface area contributed by atoms with Crippen molar-refractivity contribution < 1.29 is 4.39 Å². The molecule has 1 aliphatic carbocycles. The zero-order chi connectivity index (χ0) is 20.1. The van der Waals surface area contributed by atoms with Crippen LogP contribution in [0.3, 0.4) is 0 Å². The van der Waals surface area contributed by atoms with Crippen LogP contribution in [0.2, 0.25) is 0 Å². The van der Waals surface area contributed by atoms with E-state index in [1.807, 2.05) is 12.1 Å². The van der Waals surface area contributed by atoms with Crippen LogP contribution < -0.4 is 10.6 Å². The Hall–Kier alpha value is -2.87. The van der Waals surface area contributed by atoms with Crippen molar-refractivity contribution in [2.75, 3.05) is 11.9 Å². The van der Waals surface area contributed by atoms with Crippen LogP contribution in [0.15, 0.2) is 37.0 Å². The maximum atomic E-state index is 14.2. The molecule has 28 heavy (non-hydrogen) atoms. The standard InChI is InChI=1S/C23H27FN4/c1-15(2)19-11-23(28-22-9-8-18(12-25)10-21(22)24)27-14-20(19)16(3)26-13-17-6-4-5-7-17/h8-11,14-15,17,26H,3-7,13H2,1-2H3,(H,27,28). The minimum absolute atomic E-state index is 0.273. The molecule has 1 saturated carbocycles. The van der Waals surface area contributed by atoms with E-state index in [2.05, 4.69) is 36.0 Å². The molecule has 1 fully saturated rings. The van der Waals surface area contributed by atoms with Crippen molar-refractivity contribution in [3.05, 3.63) is 59.5 Å². The summed E-state index contributed by atoms with van der Waals surface area (Å²) in [5.74, 6) is 1.10. The fraction of sp³-hybridized carbons (Fsp3) is 0.391. The Kier molecular flexibility index (Phi) is 6.30. The molecule has 146 valence electrons. The Morgan fingerprint density at radius 3 is 2.71 bits per heavy atom. The molecule has 1 aromatic carbocycles. The van der Waals surface area contributed by atoms with Gasteiger partial charge in [-0.1, -0.05) is 33.3 Å². The molecule has 1 aromatic heterocycles. The first-order valence-corrected chi connectivity index (χ1v) is 9.87. The number of benzene rings is 1. The van der Waals surface area contributed by atoms with Crippen LogP contribution in [-0.4, -0.2) is 11.5 Å². The molecule has 0 radical (unpaired) electrons. The van der Waals surface area contributed by atoms with E-state index in [0.29, 0.717) is 17.1 Å². The van der Waals surface area contributed by atoms with E-state index >= 15 is 0 Å². The number of nitrogens with one attached hydrogen (secondary N) is 2. The third-order valence-electron chi connectivity index (χ3n) is 5.32. The highest BCUT2D eigenvalue weighted by molar-refractivity contribution is 5.68. The zero-order valence-corrected chi connectivity index (χ0v) is 16.6. The summed E-state index contributed by atoms with van der Waals surface area (Å²) in [6.45, 7) is 9.41. The van der Waals surface area contributed by atoms with Gasteiger partial charge in [0.05, 0.1) is 17.3 Å².